The van der Waals surface area contributed by atoms with E-state index in [9.17, 15) is 0 Å². The first kappa shape index (κ1) is 12.9. The predicted octanol–water partition coefficient (Wildman–Crippen LogP) is 3.66. The minimum absolute atomic E-state index is 0.543. The van der Waals surface area contributed by atoms with Crippen LogP contribution in [0.4, 0.5) is 11.4 Å². The van der Waals surface area contributed by atoms with Gasteiger partial charge in [0, 0.05) is 31.5 Å². The summed E-state index contributed by atoms with van der Waals surface area (Å²) in [4.78, 5) is 2.16. The molecule has 0 heterocycles. The SMILES string of the molecule is CCCC(C)Nc1cccc(N(C)C)c1C. The summed E-state index contributed by atoms with van der Waals surface area (Å²) < 4.78 is 0. The Bertz CT molecular complexity index is 332. The molecule has 0 saturated carbocycles. The van der Waals surface area contributed by atoms with Gasteiger partial charge < -0.3 is 10.2 Å². The maximum absolute atomic E-state index is 3.58. The summed E-state index contributed by atoms with van der Waals surface area (Å²) in [5.74, 6) is 0. The van der Waals surface area contributed by atoms with Crippen LogP contribution < -0.4 is 10.2 Å². The second-order valence-corrected chi connectivity index (χ2v) is 4.68. The topological polar surface area (TPSA) is 15.3 Å². The number of rotatable bonds is 5. The van der Waals surface area contributed by atoms with Crippen molar-refractivity contribution in [2.45, 2.75) is 39.7 Å². The predicted molar refractivity (Wildman–Crippen MR) is 73.5 cm³/mol. The Morgan fingerprint density at radius 3 is 2.56 bits per heavy atom. The zero-order chi connectivity index (χ0) is 12.1. The first-order valence-corrected chi connectivity index (χ1v) is 6.09. The van der Waals surface area contributed by atoms with Crippen molar-refractivity contribution < 1.29 is 0 Å². The highest BCUT2D eigenvalue weighted by Crippen LogP contribution is 2.26. The molecule has 0 spiro atoms. The van der Waals surface area contributed by atoms with E-state index in [2.05, 4.69) is 63.3 Å². The van der Waals surface area contributed by atoms with Crippen LogP contribution in [0.25, 0.3) is 0 Å². The van der Waals surface area contributed by atoms with Gasteiger partial charge in [0.15, 0.2) is 0 Å². The maximum atomic E-state index is 3.58. The van der Waals surface area contributed by atoms with Crippen molar-refractivity contribution in [3.8, 4) is 0 Å². The summed E-state index contributed by atoms with van der Waals surface area (Å²) in [6.45, 7) is 6.64. The fraction of sp³-hybridized carbons (Fsp3) is 0.571. The summed E-state index contributed by atoms with van der Waals surface area (Å²) in [5, 5.41) is 3.58. The van der Waals surface area contributed by atoms with Gasteiger partial charge in [-0.3, -0.25) is 0 Å². The number of anilines is 2. The Kier molecular flexibility index (Phi) is 4.66. The Hall–Kier alpha value is -1.18. The second kappa shape index (κ2) is 5.78. The van der Waals surface area contributed by atoms with Crippen LogP contribution in [0.15, 0.2) is 18.2 Å². The van der Waals surface area contributed by atoms with Gasteiger partial charge >= 0.3 is 0 Å². The molecule has 0 aliphatic heterocycles. The van der Waals surface area contributed by atoms with E-state index in [1.54, 1.807) is 0 Å². The van der Waals surface area contributed by atoms with Gasteiger partial charge in [0.2, 0.25) is 0 Å². The van der Waals surface area contributed by atoms with Crippen molar-refractivity contribution in [1.29, 1.82) is 0 Å². The van der Waals surface area contributed by atoms with Crippen LogP contribution in [-0.2, 0) is 0 Å². The molecule has 0 fully saturated rings. The van der Waals surface area contributed by atoms with Gasteiger partial charge in [0.25, 0.3) is 0 Å². The van der Waals surface area contributed by atoms with E-state index < -0.39 is 0 Å². The Morgan fingerprint density at radius 1 is 1.31 bits per heavy atom. The van der Waals surface area contributed by atoms with Gasteiger partial charge in [0.05, 0.1) is 0 Å². The zero-order valence-electron chi connectivity index (χ0n) is 11.2. The summed E-state index contributed by atoms with van der Waals surface area (Å²) in [7, 11) is 4.17. The molecule has 0 bridgehead atoms. The van der Waals surface area contributed by atoms with Gasteiger partial charge in [-0.05, 0) is 38.0 Å². The molecule has 90 valence electrons. The van der Waals surface area contributed by atoms with E-state index in [1.165, 1.54) is 29.8 Å². The highest BCUT2D eigenvalue weighted by atomic mass is 15.1. The number of nitrogens with one attached hydrogen (secondary N) is 1. The molecule has 0 aromatic heterocycles. The number of hydrogen-bond donors (Lipinski definition) is 1. The normalized spacial score (nSPS) is 12.3. The molecule has 1 unspecified atom stereocenters. The molecule has 1 rings (SSSR count). The van der Waals surface area contributed by atoms with E-state index in [0.29, 0.717) is 6.04 Å². The van der Waals surface area contributed by atoms with Gasteiger partial charge in [0.1, 0.15) is 0 Å². The molecule has 1 aromatic rings. The third-order valence-electron chi connectivity index (χ3n) is 2.91. The van der Waals surface area contributed by atoms with Crippen molar-refractivity contribution in [2.24, 2.45) is 0 Å². The molecule has 1 atom stereocenters. The van der Waals surface area contributed by atoms with Crippen molar-refractivity contribution in [3.05, 3.63) is 23.8 Å². The van der Waals surface area contributed by atoms with Gasteiger partial charge in [-0.1, -0.05) is 19.4 Å². The molecular weight excluding hydrogens is 196 g/mol. The smallest absolute Gasteiger partial charge is 0.0411 e. The van der Waals surface area contributed by atoms with Crippen LogP contribution in [0, 0.1) is 6.92 Å². The first-order chi connectivity index (χ1) is 7.56. The molecule has 0 radical (unpaired) electrons. The van der Waals surface area contributed by atoms with E-state index in [0.717, 1.165) is 0 Å². The second-order valence-electron chi connectivity index (χ2n) is 4.68. The molecule has 2 heteroatoms. The van der Waals surface area contributed by atoms with Crippen LogP contribution in [0.5, 0.6) is 0 Å². The Labute approximate surface area is 99.7 Å². The number of hydrogen-bond acceptors (Lipinski definition) is 2. The molecule has 1 N–H and O–H groups in total. The molecule has 0 amide bonds. The molecular formula is C14H24N2. The molecule has 2 nitrogen and oxygen atoms in total. The molecule has 1 aromatic carbocycles. The van der Waals surface area contributed by atoms with Crippen LogP contribution in [0.1, 0.15) is 32.3 Å². The monoisotopic (exact) mass is 220 g/mol. The largest absolute Gasteiger partial charge is 0.382 e. The van der Waals surface area contributed by atoms with E-state index in [4.69, 9.17) is 0 Å². The van der Waals surface area contributed by atoms with Crippen molar-refractivity contribution in [2.75, 3.05) is 24.3 Å². The zero-order valence-corrected chi connectivity index (χ0v) is 11.2. The fourth-order valence-electron chi connectivity index (χ4n) is 2.03. The minimum atomic E-state index is 0.543. The average Bonchev–Trinajstić information content (AvgIpc) is 2.21. The third kappa shape index (κ3) is 3.16. The lowest BCUT2D eigenvalue weighted by Crippen LogP contribution is -2.17. The average molecular weight is 220 g/mol. The summed E-state index contributed by atoms with van der Waals surface area (Å²) in [6, 6.07) is 6.98. The Balaban J connectivity index is 2.84. The van der Waals surface area contributed by atoms with Gasteiger partial charge in [-0.25, -0.2) is 0 Å². The Morgan fingerprint density at radius 2 is 2.00 bits per heavy atom. The molecule has 16 heavy (non-hydrogen) atoms. The number of benzene rings is 1. The lowest BCUT2D eigenvalue weighted by atomic mass is 10.1. The third-order valence-corrected chi connectivity index (χ3v) is 2.91. The quantitative estimate of drug-likeness (QED) is 0.814. The van der Waals surface area contributed by atoms with Gasteiger partial charge in [-0.15, -0.1) is 0 Å². The summed E-state index contributed by atoms with van der Waals surface area (Å²) in [6.07, 6.45) is 2.44. The molecule has 0 saturated heterocycles. The number of nitrogens with zero attached hydrogens (tertiary/aromatic N) is 1. The van der Waals surface area contributed by atoms with Crippen molar-refractivity contribution in [1.82, 2.24) is 0 Å². The summed E-state index contributed by atoms with van der Waals surface area (Å²) >= 11 is 0. The van der Waals surface area contributed by atoms with Crippen LogP contribution in [0.2, 0.25) is 0 Å². The van der Waals surface area contributed by atoms with Crippen molar-refractivity contribution >= 4 is 11.4 Å². The standard InChI is InChI=1S/C14H24N2/c1-6-8-11(2)15-13-9-7-10-14(12(13)3)16(4)5/h7,9-11,15H,6,8H2,1-5H3. The maximum Gasteiger partial charge on any atom is 0.0411 e. The lowest BCUT2D eigenvalue weighted by molar-refractivity contribution is 0.690. The highest BCUT2D eigenvalue weighted by molar-refractivity contribution is 5.65. The lowest BCUT2D eigenvalue weighted by Gasteiger charge is -2.21. The first-order valence-electron chi connectivity index (χ1n) is 6.09. The highest BCUT2D eigenvalue weighted by Gasteiger charge is 2.07. The van der Waals surface area contributed by atoms with E-state index in [1.807, 2.05) is 0 Å². The van der Waals surface area contributed by atoms with E-state index in [-0.39, 0.29) is 0 Å². The minimum Gasteiger partial charge on any atom is -0.382 e. The van der Waals surface area contributed by atoms with E-state index >= 15 is 0 Å². The molecule has 0 aliphatic rings. The van der Waals surface area contributed by atoms with Crippen LogP contribution >= 0.6 is 0 Å². The van der Waals surface area contributed by atoms with Crippen molar-refractivity contribution in [3.63, 3.8) is 0 Å². The fourth-order valence-corrected chi connectivity index (χ4v) is 2.03. The molecule has 0 aliphatic carbocycles. The van der Waals surface area contributed by atoms with Gasteiger partial charge in [-0.2, -0.15) is 0 Å². The van der Waals surface area contributed by atoms with Crippen LogP contribution in [-0.4, -0.2) is 20.1 Å². The van der Waals surface area contributed by atoms with Crippen LogP contribution in [0.3, 0.4) is 0 Å². The summed E-state index contributed by atoms with van der Waals surface area (Å²) in [5.41, 5.74) is 3.87.